The molecule has 1 N–H and O–H groups in total. The topological polar surface area (TPSA) is 62.1 Å². The minimum Gasteiger partial charge on any atom is -0.469 e. The van der Waals surface area contributed by atoms with Gasteiger partial charge in [0, 0.05) is 6.54 Å². The first-order valence-electron chi connectivity index (χ1n) is 3.40. The van der Waals surface area contributed by atoms with Gasteiger partial charge in [0.05, 0.1) is 25.6 Å². The SMILES string of the molecule is COC(=O)CCNC(C)C#N. The monoisotopic (exact) mass is 156 g/mol. The van der Waals surface area contributed by atoms with Crippen LogP contribution in [0.15, 0.2) is 0 Å². The quantitative estimate of drug-likeness (QED) is 0.584. The molecule has 0 bridgehead atoms. The first kappa shape index (κ1) is 9.92. The molecule has 4 heteroatoms. The van der Waals surface area contributed by atoms with Crippen LogP contribution in [0.3, 0.4) is 0 Å². The molecule has 0 radical (unpaired) electrons. The number of carbonyl (C=O) groups is 1. The molecule has 0 aromatic carbocycles. The summed E-state index contributed by atoms with van der Waals surface area (Å²) in [6.07, 6.45) is 0.308. The summed E-state index contributed by atoms with van der Waals surface area (Å²) in [5.41, 5.74) is 0. The van der Waals surface area contributed by atoms with Gasteiger partial charge in [0.1, 0.15) is 0 Å². The number of hydrogen-bond donors (Lipinski definition) is 1. The van der Waals surface area contributed by atoms with E-state index >= 15 is 0 Å². The number of hydrogen-bond acceptors (Lipinski definition) is 4. The van der Waals surface area contributed by atoms with Crippen molar-refractivity contribution >= 4 is 5.97 Å². The van der Waals surface area contributed by atoms with E-state index < -0.39 is 0 Å². The van der Waals surface area contributed by atoms with Crippen molar-refractivity contribution in [2.75, 3.05) is 13.7 Å². The van der Waals surface area contributed by atoms with Crippen LogP contribution < -0.4 is 5.32 Å². The van der Waals surface area contributed by atoms with Gasteiger partial charge in [-0.15, -0.1) is 0 Å². The van der Waals surface area contributed by atoms with Gasteiger partial charge in [-0.3, -0.25) is 4.79 Å². The van der Waals surface area contributed by atoms with Crippen molar-refractivity contribution in [3.8, 4) is 6.07 Å². The molecule has 0 spiro atoms. The van der Waals surface area contributed by atoms with Crippen molar-refractivity contribution in [1.82, 2.24) is 5.32 Å². The number of methoxy groups -OCH3 is 1. The van der Waals surface area contributed by atoms with Gasteiger partial charge in [-0.05, 0) is 6.92 Å². The molecule has 0 heterocycles. The van der Waals surface area contributed by atoms with Crippen LogP contribution >= 0.6 is 0 Å². The number of rotatable bonds is 4. The number of nitrogens with zero attached hydrogens (tertiary/aromatic N) is 1. The Kier molecular flexibility index (Phi) is 5.13. The highest BCUT2D eigenvalue weighted by atomic mass is 16.5. The van der Waals surface area contributed by atoms with Crippen LogP contribution in [-0.4, -0.2) is 25.7 Å². The number of nitriles is 1. The Balaban J connectivity index is 3.29. The molecule has 0 saturated carbocycles. The van der Waals surface area contributed by atoms with Crippen molar-refractivity contribution in [3.63, 3.8) is 0 Å². The second kappa shape index (κ2) is 5.69. The van der Waals surface area contributed by atoms with Crippen LogP contribution in [0.25, 0.3) is 0 Å². The maximum Gasteiger partial charge on any atom is 0.306 e. The zero-order valence-electron chi connectivity index (χ0n) is 6.76. The Labute approximate surface area is 66.1 Å². The van der Waals surface area contributed by atoms with Crippen LogP contribution in [0.4, 0.5) is 0 Å². The summed E-state index contributed by atoms with van der Waals surface area (Å²) < 4.78 is 4.40. The summed E-state index contributed by atoms with van der Waals surface area (Å²) in [5, 5.41) is 11.2. The second-order valence-electron chi connectivity index (χ2n) is 2.13. The zero-order chi connectivity index (χ0) is 8.69. The summed E-state index contributed by atoms with van der Waals surface area (Å²) in [5.74, 6) is -0.261. The summed E-state index contributed by atoms with van der Waals surface area (Å²) in [6.45, 7) is 2.22. The van der Waals surface area contributed by atoms with E-state index in [0.717, 1.165) is 0 Å². The van der Waals surface area contributed by atoms with Gasteiger partial charge in [0.2, 0.25) is 0 Å². The molecule has 0 aliphatic heterocycles. The fraction of sp³-hybridized carbons (Fsp3) is 0.714. The van der Waals surface area contributed by atoms with Crippen molar-refractivity contribution < 1.29 is 9.53 Å². The van der Waals surface area contributed by atoms with Crippen LogP contribution in [0.5, 0.6) is 0 Å². The molecule has 0 aromatic rings. The van der Waals surface area contributed by atoms with Gasteiger partial charge >= 0.3 is 5.97 Å². The average molecular weight is 156 g/mol. The molecule has 62 valence electrons. The maximum absolute atomic E-state index is 10.5. The minimum absolute atomic E-state index is 0.209. The lowest BCUT2D eigenvalue weighted by Crippen LogP contribution is -2.26. The molecule has 0 aliphatic carbocycles. The highest BCUT2D eigenvalue weighted by Gasteiger charge is 2.01. The van der Waals surface area contributed by atoms with Gasteiger partial charge in [-0.2, -0.15) is 5.26 Å². The summed E-state index contributed by atoms with van der Waals surface area (Å²) >= 11 is 0. The van der Waals surface area contributed by atoms with Gasteiger partial charge in [-0.1, -0.05) is 0 Å². The van der Waals surface area contributed by atoms with E-state index in [0.29, 0.717) is 13.0 Å². The smallest absolute Gasteiger partial charge is 0.306 e. The van der Waals surface area contributed by atoms with Gasteiger partial charge in [0.15, 0.2) is 0 Å². The number of esters is 1. The summed E-state index contributed by atoms with van der Waals surface area (Å²) in [4.78, 5) is 10.5. The minimum atomic E-state index is -0.261. The highest BCUT2D eigenvalue weighted by Crippen LogP contribution is 1.83. The number of nitrogens with one attached hydrogen (secondary N) is 1. The molecule has 0 aromatic heterocycles. The first-order valence-corrected chi connectivity index (χ1v) is 3.40. The lowest BCUT2D eigenvalue weighted by atomic mass is 10.3. The predicted octanol–water partition coefficient (Wildman–Crippen LogP) is 0.0512. The number of ether oxygens (including phenoxy) is 1. The first-order chi connectivity index (χ1) is 5.20. The van der Waals surface area contributed by atoms with Crippen LogP contribution in [0.2, 0.25) is 0 Å². The van der Waals surface area contributed by atoms with Crippen LogP contribution in [0.1, 0.15) is 13.3 Å². The Morgan fingerprint density at radius 2 is 2.45 bits per heavy atom. The van der Waals surface area contributed by atoms with E-state index in [9.17, 15) is 4.79 Å². The molecule has 0 aliphatic rings. The van der Waals surface area contributed by atoms with Crippen LogP contribution in [-0.2, 0) is 9.53 Å². The Morgan fingerprint density at radius 3 is 2.91 bits per heavy atom. The fourth-order valence-electron chi connectivity index (χ4n) is 0.538. The summed E-state index contributed by atoms with van der Waals surface area (Å²) in [7, 11) is 1.34. The second-order valence-corrected chi connectivity index (χ2v) is 2.13. The molecule has 11 heavy (non-hydrogen) atoms. The Bertz CT molecular complexity index is 162. The van der Waals surface area contributed by atoms with Crippen molar-refractivity contribution in [1.29, 1.82) is 5.26 Å². The molecular weight excluding hydrogens is 144 g/mol. The molecule has 1 atom stereocenters. The molecule has 0 fully saturated rings. The van der Waals surface area contributed by atoms with Gasteiger partial charge in [-0.25, -0.2) is 0 Å². The largest absolute Gasteiger partial charge is 0.469 e. The molecule has 1 unspecified atom stereocenters. The van der Waals surface area contributed by atoms with E-state index in [1.54, 1.807) is 6.92 Å². The molecule has 0 amide bonds. The molecular formula is C7H12N2O2. The van der Waals surface area contributed by atoms with Gasteiger partial charge in [0.25, 0.3) is 0 Å². The van der Waals surface area contributed by atoms with Crippen molar-refractivity contribution in [2.45, 2.75) is 19.4 Å². The van der Waals surface area contributed by atoms with E-state index in [4.69, 9.17) is 5.26 Å². The molecule has 0 rings (SSSR count). The van der Waals surface area contributed by atoms with E-state index in [1.165, 1.54) is 7.11 Å². The van der Waals surface area contributed by atoms with Crippen LogP contribution in [0, 0.1) is 11.3 Å². The fourth-order valence-corrected chi connectivity index (χ4v) is 0.538. The number of carbonyl (C=O) groups excluding carboxylic acids is 1. The lowest BCUT2D eigenvalue weighted by molar-refractivity contribution is -0.140. The van der Waals surface area contributed by atoms with Crippen molar-refractivity contribution in [2.24, 2.45) is 0 Å². The zero-order valence-corrected chi connectivity index (χ0v) is 6.76. The summed E-state index contributed by atoms with van der Waals surface area (Å²) in [6, 6.07) is 1.78. The molecule has 4 nitrogen and oxygen atoms in total. The van der Waals surface area contributed by atoms with E-state index in [2.05, 4.69) is 10.1 Å². The normalized spacial score (nSPS) is 11.7. The van der Waals surface area contributed by atoms with E-state index in [-0.39, 0.29) is 12.0 Å². The average Bonchev–Trinajstić information content (AvgIpc) is 2.04. The third-order valence-corrected chi connectivity index (χ3v) is 1.20. The van der Waals surface area contributed by atoms with Crippen molar-refractivity contribution in [3.05, 3.63) is 0 Å². The Morgan fingerprint density at radius 1 is 1.82 bits per heavy atom. The van der Waals surface area contributed by atoms with Gasteiger partial charge < -0.3 is 10.1 Å². The Hall–Kier alpha value is -1.08. The lowest BCUT2D eigenvalue weighted by Gasteiger charge is -2.03. The predicted molar refractivity (Wildman–Crippen MR) is 39.7 cm³/mol. The molecule has 0 saturated heterocycles. The standard InChI is InChI=1S/C7H12N2O2/c1-6(5-8)9-4-3-7(10)11-2/h6,9H,3-4H2,1-2H3. The third-order valence-electron chi connectivity index (χ3n) is 1.20. The van der Waals surface area contributed by atoms with E-state index in [1.807, 2.05) is 6.07 Å². The highest BCUT2D eigenvalue weighted by molar-refractivity contribution is 5.69. The third kappa shape index (κ3) is 5.37. The maximum atomic E-state index is 10.5.